The molecule has 1 fully saturated rings. The van der Waals surface area contributed by atoms with Crippen LogP contribution in [0.1, 0.15) is 30.0 Å². The van der Waals surface area contributed by atoms with Crippen molar-refractivity contribution >= 4 is 5.91 Å². The van der Waals surface area contributed by atoms with Gasteiger partial charge in [-0.15, -0.1) is 0 Å². The van der Waals surface area contributed by atoms with Crippen molar-refractivity contribution < 1.29 is 18.7 Å². The molecule has 1 aliphatic heterocycles. The minimum absolute atomic E-state index is 0.0296. The Labute approximate surface area is 147 Å². The van der Waals surface area contributed by atoms with Crippen molar-refractivity contribution in [1.29, 1.82) is 0 Å². The molecule has 0 spiro atoms. The largest absolute Gasteiger partial charge is 0.497 e. The summed E-state index contributed by atoms with van der Waals surface area (Å²) < 4.78 is 23.8. The molecule has 1 aliphatic rings. The highest BCUT2D eigenvalue weighted by atomic mass is 19.1. The maximum atomic E-state index is 13.0. The molecule has 0 aliphatic carbocycles. The molecule has 1 heterocycles. The number of methoxy groups -OCH3 is 2. The molecule has 2 aromatic rings. The lowest BCUT2D eigenvalue weighted by molar-refractivity contribution is -0.131. The van der Waals surface area contributed by atoms with Crippen LogP contribution in [0.3, 0.4) is 0 Å². The van der Waals surface area contributed by atoms with Crippen LogP contribution in [0.4, 0.5) is 4.39 Å². The van der Waals surface area contributed by atoms with E-state index in [1.807, 2.05) is 23.1 Å². The number of rotatable bonds is 5. The van der Waals surface area contributed by atoms with Gasteiger partial charge in [-0.1, -0.05) is 12.1 Å². The Balaban J connectivity index is 1.82. The third-order valence-electron chi connectivity index (χ3n) is 4.64. The summed E-state index contributed by atoms with van der Waals surface area (Å²) in [6.45, 7) is 0.713. The molecule has 1 atom stereocenters. The van der Waals surface area contributed by atoms with Gasteiger partial charge in [-0.25, -0.2) is 4.39 Å². The van der Waals surface area contributed by atoms with Crippen LogP contribution in [0.2, 0.25) is 0 Å². The number of carbonyl (C=O) groups excluding carboxylic acids is 1. The minimum atomic E-state index is -0.295. The molecule has 3 rings (SSSR count). The number of nitrogens with zero attached hydrogens (tertiary/aromatic N) is 1. The van der Waals surface area contributed by atoms with Crippen LogP contribution < -0.4 is 9.47 Å². The van der Waals surface area contributed by atoms with Gasteiger partial charge in [-0.2, -0.15) is 0 Å². The molecule has 0 bridgehead atoms. The summed E-state index contributed by atoms with van der Waals surface area (Å²) in [5.41, 5.74) is 1.78. The average molecular weight is 343 g/mol. The Kier molecular flexibility index (Phi) is 5.22. The first-order valence-electron chi connectivity index (χ1n) is 8.38. The topological polar surface area (TPSA) is 38.8 Å². The van der Waals surface area contributed by atoms with Crippen molar-refractivity contribution in [2.24, 2.45) is 0 Å². The van der Waals surface area contributed by atoms with Crippen molar-refractivity contribution in [2.45, 2.75) is 25.3 Å². The van der Waals surface area contributed by atoms with E-state index >= 15 is 0 Å². The van der Waals surface area contributed by atoms with Gasteiger partial charge in [-0.3, -0.25) is 4.79 Å². The van der Waals surface area contributed by atoms with Gasteiger partial charge in [-0.05, 0) is 48.7 Å². The lowest BCUT2D eigenvalue weighted by Gasteiger charge is -2.27. The number of benzene rings is 2. The third-order valence-corrected chi connectivity index (χ3v) is 4.64. The summed E-state index contributed by atoms with van der Waals surface area (Å²) in [4.78, 5) is 14.7. The monoisotopic (exact) mass is 343 g/mol. The number of halogens is 1. The first kappa shape index (κ1) is 17.3. The van der Waals surface area contributed by atoms with Crippen LogP contribution in [-0.2, 0) is 11.2 Å². The molecule has 1 amide bonds. The summed E-state index contributed by atoms with van der Waals surface area (Å²) in [6, 6.07) is 11.7. The number of carbonyl (C=O) groups is 1. The molecule has 0 saturated carbocycles. The maximum absolute atomic E-state index is 13.0. The van der Waals surface area contributed by atoms with Crippen LogP contribution in [-0.4, -0.2) is 31.6 Å². The smallest absolute Gasteiger partial charge is 0.227 e. The van der Waals surface area contributed by atoms with E-state index in [1.54, 1.807) is 26.4 Å². The molecule has 1 unspecified atom stereocenters. The highest BCUT2D eigenvalue weighted by molar-refractivity contribution is 5.79. The summed E-state index contributed by atoms with van der Waals surface area (Å²) in [5.74, 6) is 1.25. The lowest BCUT2D eigenvalue weighted by Crippen LogP contribution is -2.32. The van der Waals surface area contributed by atoms with Crippen molar-refractivity contribution in [3.63, 3.8) is 0 Å². The quantitative estimate of drug-likeness (QED) is 0.830. The second-order valence-electron chi connectivity index (χ2n) is 6.16. The Bertz CT molecular complexity index is 745. The highest BCUT2D eigenvalue weighted by Crippen LogP contribution is 2.39. The predicted molar refractivity (Wildman–Crippen MR) is 93.3 cm³/mol. The number of hydrogen-bond donors (Lipinski definition) is 0. The third kappa shape index (κ3) is 3.76. The zero-order valence-corrected chi connectivity index (χ0v) is 14.5. The van der Waals surface area contributed by atoms with Crippen LogP contribution in [0, 0.1) is 5.82 Å². The fourth-order valence-electron chi connectivity index (χ4n) is 3.37. The molecule has 5 heteroatoms. The normalized spacial score (nSPS) is 16.8. The van der Waals surface area contributed by atoms with Crippen molar-refractivity contribution in [3.05, 3.63) is 59.4 Å². The summed E-state index contributed by atoms with van der Waals surface area (Å²) in [5, 5.41) is 0. The van der Waals surface area contributed by atoms with Crippen LogP contribution >= 0.6 is 0 Å². The summed E-state index contributed by atoms with van der Waals surface area (Å²) in [7, 11) is 3.25. The first-order chi connectivity index (χ1) is 12.1. The Morgan fingerprint density at radius 1 is 1.16 bits per heavy atom. The van der Waals surface area contributed by atoms with Gasteiger partial charge < -0.3 is 14.4 Å². The van der Waals surface area contributed by atoms with Crippen LogP contribution in [0.15, 0.2) is 42.5 Å². The van der Waals surface area contributed by atoms with Gasteiger partial charge in [0.1, 0.15) is 17.3 Å². The highest BCUT2D eigenvalue weighted by Gasteiger charge is 2.32. The van der Waals surface area contributed by atoms with Crippen molar-refractivity contribution in [3.8, 4) is 11.5 Å². The summed E-state index contributed by atoms with van der Waals surface area (Å²) >= 11 is 0. The second kappa shape index (κ2) is 7.55. The molecule has 0 N–H and O–H groups in total. The van der Waals surface area contributed by atoms with Gasteiger partial charge in [0.05, 0.1) is 26.7 Å². The zero-order chi connectivity index (χ0) is 17.8. The van der Waals surface area contributed by atoms with E-state index < -0.39 is 0 Å². The Morgan fingerprint density at radius 3 is 2.60 bits per heavy atom. The first-order valence-corrected chi connectivity index (χ1v) is 8.38. The second-order valence-corrected chi connectivity index (χ2v) is 6.16. The molecule has 25 heavy (non-hydrogen) atoms. The van der Waals surface area contributed by atoms with E-state index in [0.717, 1.165) is 35.5 Å². The number of hydrogen-bond acceptors (Lipinski definition) is 3. The molecule has 1 saturated heterocycles. The average Bonchev–Trinajstić information content (AvgIpc) is 3.12. The van der Waals surface area contributed by atoms with E-state index in [9.17, 15) is 9.18 Å². The van der Waals surface area contributed by atoms with Gasteiger partial charge in [0, 0.05) is 12.1 Å². The summed E-state index contributed by atoms with van der Waals surface area (Å²) in [6.07, 6.45) is 2.10. The van der Waals surface area contributed by atoms with Crippen LogP contribution in [0.5, 0.6) is 11.5 Å². The van der Waals surface area contributed by atoms with E-state index in [4.69, 9.17) is 9.47 Å². The van der Waals surface area contributed by atoms with E-state index in [1.165, 1.54) is 12.1 Å². The van der Waals surface area contributed by atoms with Crippen molar-refractivity contribution in [2.75, 3.05) is 20.8 Å². The van der Waals surface area contributed by atoms with E-state index in [-0.39, 0.29) is 24.2 Å². The predicted octanol–water partition coefficient (Wildman–Crippen LogP) is 3.75. The van der Waals surface area contributed by atoms with Gasteiger partial charge >= 0.3 is 0 Å². The fraction of sp³-hybridized carbons (Fsp3) is 0.350. The standard InChI is InChI=1S/C20H22FNO3/c1-24-16-9-10-19(25-2)17(13-16)18-4-3-11-22(18)20(23)12-14-5-7-15(21)8-6-14/h5-10,13,18H,3-4,11-12H2,1-2H3. The molecule has 0 aromatic heterocycles. The Morgan fingerprint density at radius 2 is 1.92 bits per heavy atom. The fourth-order valence-corrected chi connectivity index (χ4v) is 3.37. The molecule has 0 radical (unpaired) electrons. The number of likely N-dealkylation sites (tertiary alicyclic amines) is 1. The number of ether oxygens (including phenoxy) is 2. The SMILES string of the molecule is COc1ccc(OC)c(C2CCCN2C(=O)Cc2ccc(F)cc2)c1. The number of amides is 1. The van der Waals surface area contributed by atoms with Gasteiger partial charge in [0.25, 0.3) is 0 Å². The maximum Gasteiger partial charge on any atom is 0.227 e. The zero-order valence-electron chi connectivity index (χ0n) is 14.5. The van der Waals surface area contributed by atoms with E-state index in [2.05, 4.69) is 0 Å². The van der Waals surface area contributed by atoms with Crippen LogP contribution in [0.25, 0.3) is 0 Å². The van der Waals surface area contributed by atoms with E-state index in [0.29, 0.717) is 6.54 Å². The molecule has 2 aromatic carbocycles. The minimum Gasteiger partial charge on any atom is -0.497 e. The van der Waals surface area contributed by atoms with Gasteiger partial charge in [0.2, 0.25) is 5.91 Å². The molecule has 132 valence electrons. The molecular weight excluding hydrogens is 321 g/mol. The lowest BCUT2D eigenvalue weighted by atomic mass is 10.0. The Hall–Kier alpha value is -2.56. The molecule has 4 nitrogen and oxygen atoms in total. The molecular formula is C20H22FNO3. The van der Waals surface area contributed by atoms with Gasteiger partial charge in [0.15, 0.2) is 0 Å². The van der Waals surface area contributed by atoms with Crippen molar-refractivity contribution in [1.82, 2.24) is 4.90 Å².